The van der Waals surface area contributed by atoms with Crippen LogP contribution in [0.25, 0.3) is 0 Å². The van der Waals surface area contributed by atoms with Crippen molar-refractivity contribution in [3.8, 4) is 0 Å². The Morgan fingerprint density at radius 1 is 1.00 bits per heavy atom. The molecule has 0 unspecified atom stereocenters. The van der Waals surface area contributed by atoms with Gasteiger partial charge < -0.3 is 20.4 Å². The number of urea groups is 1. The van der Waals surface area contributed by atoms with Gasteiger partial charge in [0.2, 0.25) is 0 Å². The van der Waals surface area contributed by atoms with Gasteiger partial charge in [-0.2, -0.15) is 0 Å². The number of hydrogen-bond donors (Lipinski definition) is 2. The van der Waals surface area contributed by atoms with Crippen molar-refractivity contribution in [3.05, 3.63) is 0 Å². The Morgan fingerprint density at radius 2 is 1.70 bits per heavy atom. The van der Waals surface area contributed by atoms with Crippen molar-refractivity contribution >= 4 is 6.03 Å². The van der Waals surface area contributed by atoms with Crippen LogP contribution in [-0.4, -0.2) is 66.7 Å². The number of fused-ring (bicyclic) bond motifs is 2. The third-order valence-electron chi connectivity index (χ3n) is 6.50. The number of nitrogens with zero attached hydrogens (tertiary/aromatic N) is 2. The Balaban J connectivity index is 1.21. The van der Waals surface area contributed by atoms with Gasteiger partial charge in [0.15, 0.2) is 0 Å². The molecular formula is C18H32N4O. The Bertz CT molecular complexity index is 425. The van der Waals surface area contributed by atoms with Gasteiger partial charge in [0.05, 0.1) is 0 Å². The molecule has 3 saturated heterocycles. The number of hydrogen-bond acceptors (Lipinski definition) is 3. The molecule has 0 aromatic rings. The van der Waals surface area contributed by atoms with Gasteiger partial charge in [-0.15, -0.1) is 0 Å². The lowest BCUT2D eigenvalue weighted by atomic mass is 9.82. The molecule has 0 aromatic carbocycles. The van der Waals surface area contributed by atoms with Crippen molar-refractivity contribution in [1.29, 1.82) is 0 Å². The maximum atomic E-state index is 12.4. The highest BCUT2D eigenvalue weighted by atomic mass is 16.2. The van der Waals surface area contributed by atoms with Gasteiger partial charge in [-0.3, -0.25) is 0 Å². The van der Waals surface area contributed by atoms with Crippen LogP contribution in [0, 0.1) is 5.92 Å². The number of carbonyl (C=O) groups excluding carboxylic acids is 1. The first-order valence-electron chi connectivity index (χ1n) is 9.68. The fraction of sp³-hybridized carbons (Fsp3) is 0.944. The molecule has 2 N–H and O–H groups in total. The van der Waals surface area contributed by atoms with E-state index in [2.05, 4.69) is 27.5 Å². The summed E-state index contributed by atoms with van der Waals surface area (Å²) in [5, 5.41) is 6.49. The van der Waals surface area contributed by atoms with E-state index in [1.54, 1.807) is 0 Å². The lowest BCUT2D eigenvalue weighted by Crippen LogP contribution is -2.57. The third-order valence-corrected chi connectivity index (χ3v) is 6.50. The molecular weight excluding hydrogens is 288 g/mol. The number of nitrogens with one attached hydrogen (secondary N) is 2. The minimum absolute atomic E-state index is 0.0656. The highest BCUT2D eigenvalue weighted by Crippen LogP contribution is 2.33. The molecule has 3 heterocycles. The van der Waals surface area contributed by atoms with E-state index in [0.717, 1.165) is 38.3 Å². The third kappa shape index (κ3) is 3.82. The molecule has 0 spiro atoms. The molecule has 130 valence electrons. The Labute approximate surface area is 140 Å². The first-order valence-corrected chi connectivity index (χ1v) is 9.68. The van der Waals surface area contributed by atoms with Crippen molar-refractivity contribution in [1.82, 2.24) is 20.4 Å². The van der Waals surface area contributed by atoms with Crippen LogP contribution in [0.3, 0.4) is 0 Å². The summed E-state index contributed by atoms with van der Waals surface area (Å²) < 4.78 is 0. The SMILES string of the molecule is CN1[C@H]2CCC[C@H]1CC(NC(=O)N[C@@H]1CCN(CC3CC3)C1)C2. The average Bonchev–Trinajstić information content (AvgIpc) is 3.19. The largest absolute Gasteiger partial charge is 0.335 e. The molecule has 0 aromatic heterocycles. The zero-order valence-corrected chi connectivity index (χ0v) is 14.5. The van der Waals surface area contributed by atoms with E-state index < -0.39 is 0 Å². The van der Waals surface area contributed by atoms with E-state index in [1.165, 1.54) is 38.6 Å². The van der Waals surface area contributed by atoms with E-state index in [-0.39, 0.29) is 6.03 Å². The van der Waals surface area contributed by atoms with Crippen LogP contribution in [-0.2, 0) is 0 Å². The van der Waals surface area contributed by atoms with Gasteiger partial charge >= 0.3 is 6.03 Å². The number of carbonyl (C=O) groups is 1. The van der Waals surface area contributed by atoms with E-state index in [1.807, 2.05) is 0 Å². The smallest absolute Gasteiger partial charge is 0.315 e. The summed E-state index contributed by atoms with van der Waals surface area (Å²) in [5.74, 6) is 0.946. The molecule has 2 bridgehead atoms. The maximum absolute atomic E-state index is 12.4. The van der Waals surface area contributed by atoms with Gasteiger partial charge in [-0.05, 0) is 57.9 Å². The molecule has 1 saturated carbocycles. The van der Waals surface area contributed by atoms with Crippen molar-refractivity contribution in [2.75, 3.05) is 26.7 Å². The summed E-state index contributed by atoms with van der Waals surface area (Å²) in [6.07, 6.45) is 10.1. The lowest BCUT2D eigenvalue weighted by molar-refractivity contribution is 0.0508. The van der Waals surface area contributed by atoms with Crippen LogP contribution in [0.5, 0.6) is 0 Å². The second-order valence-electron chi connectivity index (χ2n) is 8.38. The van der Waals surface area contributed by atoms with Crippen LogP contribution in [0.1, 0.15) is 51.4 Å². The van der Waals surface area contributed by atoms with Crippen LogP contribution < -0.4 is 10.6 Å². The van der Waals surface area contributed by atoms with Crippen LogP contribution in [0.2, 0.25) is 0 Å². The minimum atomic E-state index is 0.0656. The number of piperidine rings is 2. The highest BCUT2D eigenvalue weighted by Gasteiger charge is 2.37. The van der Waals surface area contributed by atoms with E-state index in [4.69, 9.17) is 0 Å². The molecule has 3 atom stereocenters. The van der Waals surface area contributed by atoms with Crippen molar-refractivity contribution < 1.29 is 4.79 Å². The minimum Gasteiger partial charge on any atom is -0.335 e. The van der Waals surface area contributed by atoms with Crippen molar-refractivity contribution in [2.24, 2.45) is 5.92 Å². The summed E-state index contributed by atoms with van der Waals surface area (Å²) in [6, 6.07) is 2.13. The molecule has 3 aliphatic heterocycles. The Hall–Kier alpha value is -0.810. The number of likely N-dealkylation sites (tertiary alicyclic amines) is 1. The summed E-state index contributed by atoms with van der Waals surface area (Å²) in [5.41, 5.74) is 0. The predicted octanol–water partition coefficient (Wildman–Crippen LogP) is 1.79. The molecule has 5 nitrogen and oxygen atoms in total. The highest BCUT2D eigenvalue weighted by molar-refractivity contribution is 5.74. The summed E-state index contributed by atoms with van der Waals surface area (Å²) in [4.78, 5) is 17.4. The first kappa shape index (κ1) is 15.7. The number of rotatable bonds is 4. The number of amides is 2. The standard InChI is InChI=1S/C18H32N4O/c1-21-16-3-2-4-17(21)10-15(9-16)20-18(23)19-14-7-8-22(12-14)11-13-5-6-13/h13-17H,2-12H2,1H3,(H2,19,20,23)/t14-,16+,17+/m1/s1. The summed E-state index contributed by atoms with van der Waals surface area (Å²) in [7, 11) is 2.26. The Kier molecular flexibility index (Phi) is 4.50. The monoisotopic (exact) mass is 320 g/mol. The molecule has 5 heteroatoms. The molecule has 0 radical (unpaired) electrons. The van der Waals surface area contributed by atoms with Crippen molar-refractivity contribution in [3.63, 3.8) is 0 Å². The summed E-state index contributed by atoms with van der Waals surface area (Å²) in [6.45, 7) is 3.44. The van der Waals surface area contributed by atoms with E-state index in [9.17, 15) is 4.79 Å². The predicted molar refractivity (Wildman–Crippen MR) is 91.4 cm³/mol. The molecule has 4 rings (SSSR count). The molecule has 2 amide bonds. The Morgan fingerprint density at radius 3 is 2.39 bits per heavy atom. The first-order chi connectivity index (χ1) is 11.2. The van der Waals surface area contributed by atoms with Gasteiger partial charge in [0.1, 0.15) is 0 Å². The van der Waals surface area contributed by atoms with Crippen molar-refractivity contribution in [2.45, 2.75) is 75.5 Å². The van der Waals surface area contributed by atoms with Gasteiger partial charge in [-0.25, -0.2) is 4.79 Å². The second kappa shape index (κ2) is 6.60. The van der Waals surface area contributed by atoms with Crippen LogP contribution >= 0.6 is 0 Å². The normalized spacial score (nSPS) is 38.5. The van der Waals surface area contributed by atoms with Crippen LogP contribution in [0.15, 0.2) is 0 Å². The lowest BCUT2D eigenvalue weighted by Gasteiger charge is -2.47. The average molecular weight is 320 g/mol. The van der Waals surface area contributed by atoms with E-state index in [0.29, 0.717) is 24.2 Å². The van der Waals surface area contributed by atoms with Crippen LogP contribution in [0.4, 0.5) is 4.79 Å². The van der Waals surface area contributed by atoms with E-state index >= 15 is 0 Å². The fourth-order valence-electron chi connectivity index (χ4n) is 4.93. The summed E-state index contributed by atoms with van der Waals surface area (Å²) >= 11 is 0. The second-order valence-corrected chi connectivity index (χ2v) is 8.38. The van der Waals surface area contributed by atoms with Gasteiger partial charge in [-0.1, -0.05) is 6.42 Å². The molecule has 4 aliphatic rings. The molecule has 23 heavy (non-hydrogen) atoms. The zero-order chi connectivity index (χ0) is 15.8. The van der Waals surface area contributed by atoms with Gasteiger partial charge in [0, 0.05) is 43.8 Å². The molecule has 4 fully saturated rings. The maximum Gasteiger partial charge on any atom is 0.315 e. The zero-order valence-electron chi connectivity index (χ0n) is 14.5. The molecule has 1 aliphatic carbocycles. The van der Waals surface area contributed by atoms with Gasteiger partial charge in [0.25, 0.3) is 0 Å². The topological polar surface area (TPSA) is 47.6 Å². The quantitative estimate of drug-likeness (QED) is 0.830. The fourth-order valence-corrected chi connectivity index (χ4v) is 4.93.